The fraction of sp³-hybridized carbons (Fsp3) is 0.536. The molecule has 3 unspecified atom stereocenters. The van der Waals surface area contributed by atoms with Crippen molar-refractivity contribution >= 4 is 11.8 Å². The quantitative estimate of drug-likeness (QED) is 0.316. The Morgan fingerprint density at radius 2 is 1.50 bits per heavy atom. The van der Waals surface area contributed by atoms with Gasteiger partial charge in [0.25, 0.3) is 0 Å². The lowest BCUT2D eigenvalue weighted by Crippen LogP contribution is -2.23. The molecule has 1 aromatic carbocycles. The van der Waals surface area contributed by atoms with Crippen LogP contribution >= 0.6 is 0 Å². The van der Waals surface area contributed by atoms with Crippen molar-refractivity contribution in [2.45, 2.75) is 87.4 Å². The molecule has 0 radical (unpaired) electrons. The summed E-state index contributed by atoms with van der Waals surface area (Å²) in [5, 5.41) is 7.49. The fourth-order valence-corrected chi connectivity index (χ4v) is 2.05. The molecule has 1 rings (SSSR count). The summed E-state index contributed by atoms with van der Waals surface area (Å²) in [6, 6.07) is 6.54. The van der Waals surface area contributed by atoms with Gasteiger partial charge >= 0.3 is 0 Å². The summed E-state index contributed by atoms with van der Waals surface area (Å²) < 4.78 is 25.8. The summed E-state index contributed by atoms with van der Waals surface area (Å²) in [6.07, 6.45) is 5.44. The second-order valence-corrected chi connectivity index (χ2v) is 8.27. The molecular weight excluding hydrogens is 402 g/mol. The Hall–Kier alpha value is -2.07. The van der Waals surface area contributed by atoms with Crippen LogP contribution in [0.15, 0.2) is 55.1 Å². The maximum atomic E-state index is 12.9. The average Bonchev–Trinajstić information content (AvgIpc) is 2.80. The van der Waals surface area contributed by atoms with Gasteiger partial charge in [-0.05, 0) is 70.2 Å². The summed E-state index contributed by atoms with van der Waals surface area (Å²) >= 11 is 0. The molecule has 0 aliphatic rings. The molecule has 4 heteroatoms. The Kier molecular flexibility index (Phi) is 18.9. The van der Waals surface area contributed by atoms with Crippen LogP contribution in [0.25, 0.3) is 5.57 Å². The van der Waals surface area contributed by atoms with Crippen molar-refractivity contribution in [1.82, 2.24) is 0 Å². The highest BCUT2D eigenvalue weighted by atomic mass is 19.1. The smallest absolute Gasteiger partial charge is 0.123 e. The third-order valence-electron chi connectivity index (χ3n) is 5.64. The van der Waals surface area contributed by atoms with E-state index < -0.39 is 11.1 Å². The first-order valence-electron chi connectivity index (χ1n) is 11.4. The first-order chi connectivity index (χ1) is 14.7. The van der Waals surface area contributed by atoms with Gasteiger partial charge in [0.05, 0.1) is 0 Å². The standard InChI is InChI=1S/C15H18FN.C7H15F.C4H9N.C2H6/c1-5-15(4,10-17)12(3)11(2)13-6-8-14(16)9-7-13;1-5-7(4,8)6(2)3;1-3-4(2)5;1-2/h5-10,17H,1H2,2-4H3;6H,5H2,1-4H3;3-4H,1,5H2,2H3;1-2H3/b12-11+,17-10?;;;. The highest BCUT2D eigenvalue weighted by Gasteiger charge is 2.24. The monoisotopic (exact) mass is 450 g/mol. The normalized spacial score (nSPS) is 15.4. The number of benzene rings is 1. The van der Waals surface area contributed by atoms with E-state index in [9.17, 15) is 8.78 Å². The van der Waals surface area contributed by atoms with Gasteiger partial charge in [-0.2, -0.15) is 0 Å². The predicted molar refractivity (Wildman–Crippen MR) is 142 cm³/mol. The van der Waals surface area contributed by atoms with Gasteiger partial charge in [-0.1, -0.05) is 64.5 Å². The molecule has 2 nitrogen and oxygen atoms in total. The number of hydrogen-bond donors (Lipinski definition) is 2. The van der Waals surface area contributed by atoms with E-state index in [-0.39, 0.29) is 17.8 Å². The summed E-state index contributed by atoms with van der Waals surface area (Å²) in [7, 11) is 0. The van der Waals surface area contributed by atoms with Crippen molar-refractivity contribution in [3.8, 4) is 0 Å². The Balaban J connectivity index is -0.000000466. The van der Waals surface area contributed by atoms with Crippen LogP contribution < -0.4 is 5.73 Å². The lowest BCUT2D eigenvalue weighted by Gasteiger charge is -2.24. The molecule has 0 fully saturated rings. The SMILES string of the molecule is C=CC(C)(C=N)/C(C)=C(\C)c1ccc(F)cc1.C=CC(C)N.CC.CCC(C)(F)C(C)C. The van der Waals surface area contributed by atoms with Gasteiger partial charge in [0.2, 0.25) is 0 Å². The molecule has 3 atom stereocenters. The number of rotatable bonds is 7. The molecule has 0 heterocycles. The summed E-state index contributed by atoms with van der Waals surface area (Å²) in [5.74, 6) is -0.0924. The van der Waals surface area contributed by atoms with E-state index in [1.54, 1.807) is 31.2 Å². The molecule has 0 amide bonds. The fourth-order valence-electron chi connectivity index (χ4n) is 2.05. The van der Waals surface area contributed by atoms with Crippen LogP contribution in [-0.2, 0) is 0 Å². The van der Waals surface area contributed by atoms with Gasteiger partial charge < -0.3 is 11.1 Å². The molecule has 0 aliphatic heterocycles. The van der Waals surface area contributed by atoms with Gasteiger partial charge in [-0.15, -0.1) is 13.2 Å². The van der Waals surface area contributed by atoms with Crippen molar-refractivity contribution in [1.29, 1.82) is 5.41 Å². The summed E-state index contributed by atoms with van der Waals surface area (Å²) in [4.78, 5) is 0. The van der Waals surface area contributed by atoms with E-state index in [4.69, 9.17) is 11.1 Å². The van der Waals surface area contributed by atoms with Crippen molar-refractivity contribution < 1.29 is 8.78 Å². The van der Waals surface area contributed by atoms with Crippen molar-refractivity contribution in [3.05, 3.63) is 66.5 Å². The van der Waals surface area contributed by atoms with E-state index in [1.165, 1.54) is 18.3 Å². The van der Waals surface area contributed by atoms with Gasteiger partial charge in [-0.25, -0.2) is 8.78 Å². The number of nitrogens with two attached hydrogens (primary N) is 1. The molecule has 184 valence electrons. The lowest BCUT2D eigenvalue weighted by molar-refractivity contribution is 0.118. The number of nitrogens with one attached hydrogen (secondary N) is 1. The molecule has 3 N–H and O–H groups in total. The third kappa shape index (κ3) is 13.4. The molecule has 0 aromatic heterocycles. The van der Waals surface area contributed by atoms with Crippen LogP contribution in [0.4, 0.5) is 8.78 Å². The largest absolute Gasteiger partial charge is 0.325 e. The van der Waals surface area contributed by atoms with Crippen LogP contribution in [0.5, 0.6) is 0 Å². The summed E-state index contributed by atoms with van der Waals surface area (Å²) in [5.41, 5.74) is 6.84. The number of halogens is 2. The Morgan fingerprint density at radius 1 is 1.09 bits per heavy atom. The van der Waals surface area contributed by atoms with Gasteiger partial charge in [0.1, 0.15) is 11.5 Å². The van der Waals surface area contributed by atoms with Crippen molar-refractivity contribution in [3.63, 3.8) is 0 Å². The number of allylic oxidation sites excluding steroid dienone is 3. The lowest BCUT2D eigenvalue weighted by atomic mass is 9.80. The zero-order chi connectivity index (χ0) is 26.1. The second kappa shape index (κ2) is 17.5. The maximum Gasteiger partial charge on any atom is 0.123 e. The minimum Gasteiger partial charge on any atom is -0.325 e. The second-order valence-electron chi connectivity index (χ2n) is 8.27. The van der Waals surface area contributed by atoms with E-state index in [0.29, 0.717) is 6.42 Å². The first-order valence-corrected chi connectivity index (χ1v) is 11.4. The van der Waals surface area contributed by atoms with Crippen molar-refractivity contribution in [2.75, 3.05) is 0 Å². The highest BCUT2D eigenvalue weighted by molar-refractivity contribution is 5.78. The van der Waals surface area contributed by atoms with Crippen LogP contribution in [-0.4, -0.2) is 17.9 Å². The van der Waals surface area contributed by atoms with Crippen LogP contribution in [0, 0.1) is 22.6 Å². The Labute approximate surface area is 197 Å². The molecule has 0 saturated carbocycles. The van der Waals surface area contributed by atoms with Crippen LogP contribution in [0.3, 0.4) is 0 Å². The van der Waals surface area contributed by atoms with E-state index in [0.717, 1.165) is 16.7 Å². The number of hydrogen-bond acceptors (Lipinski definition) is 2. The molecule has 0 spiro atoms. The molecule has 0 saturated heterocycles. The third-order valence-corrected chi connectivity index (χ3v) is 5.64. The maximum absolute atomic E-state index is 12.9. The number of alkyl halides is 1. The van der Waals surface area contributed by atoms with E-state index in [1.807, 2.05) is 62.3 Å². The van der Waals surface area contributed by atoms with Gasteiger partial charge in [0.15, 0.2) is 0 Å². The Bertz CT molecular complexity index is 676. The van der Waals surface area contributed by atoms with Gasteiger partial charge in [-0.3, -0.25) is 0 Å². The minimum atomic E-state index is -0.958. The van der Waals surface area contributed by atoms with Gasteiger partial charge in [0, 0.05) is 17.7 Å². The Morgan fingerprint density at radius 3 is 1.72 bits per heavy atom. The molecule has 32 heavy (non-hydrogen) atoms. The van der Waals surface area contributed by atoms with Crippen LogP contribution in [0.2, 0.25) is 0 Å². The predicted octanol–water partition coefficient (Wildman–Crippen LogP) is 8.79. The first kappa shape index (κ1) is 34.5. The zero-order valence-corrected chi connectivity index (χ0v) is 22.2. The minimum absolute atomic E-state index is 0.146. The molecule has 0 aliphatic carbocycles. The topological polar surface area (TPSA) is 49.9 Å². The van der Waals surface area contributed by atoms with E-state index >= 15 is 0 Å². The van der Waals surface area contributed by atoms with Crippen LogP contribution in [0.1, 0.15) is 81.2 Å². The molecular formula is C28H48F2N2. The molecule has 0 bridgehead atoms. The zero-order valence-electron chi connectivity index (χ0n) is 22.2. The average molecular weight is 451 g/mol. The van der Waals surface area contributed by atoms with Crippen molar-refractivity contribution in [2.24, 2.45) is 17.1 Å². The molecule has 1 aromatic rings. The highest BCUT2D eigenvalue weighted by Crippen LogP contribution is 2.32. The summed E-state index contributed by atoms with van der Waals surface area (Å²) in [6.45, 7) is 26.3. The van der Waals surface area contributed by atoms with E-state index in [2.05, 4.69) is 13.2 Å².